The van der Waals surface area contributed by atoms with E-state index in [0.29, 0.717) is 19.2 Å². The van der Waals surface area contributed by atoms with Gasteiger partial charge < -0.3 is 25.4 Å². The molecule has 1 aliphatic carbocycles. The van der Waals surface area contributed by atoms with Gasteiger partial charge in [-0.25, -0.2) is 0 Å². The van der Waals surface area contributed by atoms with Gasteiger partial charge in [-0.05, 0) is 56.4 Å². The first-order chi connectivity index (χ1) is 13.1. The lowest BCUT2D eigenvalue weighted by Gasteiger charge is -2.20. The van der Waals surface area contributed by atoms with Crippen molar-refractivity contribution in [3.63, 3.8) is 0 Å². The Bertz CT molecular complexity index is 607. The fourth-order valence-corrected chi connectivity index (χ4v) is 3.45. The molecular formula is C20H31BrN4O2. The number of aliphatic imine (C=N–C) groups is 1. The van der Waals surface area contributed by atoms with Gasteiger partial charge in [0.15, 0.2) is 5.96 Å². The van der Waals surface area contributed by atoms with Crippen molar-refractivity contribution in [3.8, 4) is 0 Å². The zero-order valence-corrected chi connectivity index (χ0v) is 17.6. The van der Waals surface area contributed by atoms with E-state index < -0.39 is 6.10 Å². The minimum Gasteiger partial charge on any atom is -0.389 e. The lowest BCUT2D eigenvalue weighted by Crippen LogP contribution is -2.45. The van der Waals surface area contributed by atoms with E-state index in [0.717, 1.165) is 49.0 Å². The van der Waals surface area contributed by atoms with Crippen molar-refractivity contribution in [1.29, 1.82) is 0 Å². The molecule has 0 radical (unpaired) electrons. The van der Waals surface area contributed by atoms with E-state index in [1.165, 1.54) is 18.5 Å². The second-order valence-electron chi connectivity index (χ2n) is 7.41. The zero-order chi connectivity index (χ0) is 19.1. The third kappa shape index (κ3) is 6.97. The van der Waals surface area contributed by atoms with E-state index in [4.69, 9.17) is 4.74 Å². The molecule has 0 bridgehead atoms. The fourth-order valence-electron chi connectivity index (χ4n) is 3.18. The molecule has 2 unspecified atom stereocenters. The average molecular weight is 439 g/mol. The molecule has 1 heterocycles. The molecule has 3 N–H and O–H groups in total. The van der Waals surface area contributed by atoms with Gasteiger partial charge in [-0.15, -0.1) is 0 Å². The third-order valence-corrected chi connectivity index (χ3v) is 5.41. The smallest absolute Gasteiger partial charge is 0.191 e. The normalized spacial score (nSPS) is 21.4. The highest BCUT2D eigenvalue weighted by molar-refractivity contribution is 9.10. The lowest BCUT2D eigenvalue weighted by atomic mass is 10.2. The van der Waals surface area contributed by atoms with Crippen molar-refractivity contribution < 1.29 is 9.84 Å². The van der Waals surface area contributed by atoms with Crippen LogP contribution in [0.25, 0.3) is 0 Å². The summed E-state index contributed by atoms with van der Waals surface area (Å²) < 4.78 is 6.64. The molecule has 2 atom stereocenters. The first kappa shape index (κ1) is 20.4. The maximum Gasteiger partial charge on any atom is 0.191 e. The highest BCUT2D eigenvalue weighted by atomic mass is 79.9. The Morgan fingerprint density at radius 3 is 2.81 bits per heavy atom. The van der Waals surface area contributed by atoms with Crippen LogP contribution in [0.5, 0.6) is 0 Å². The van der Waals surface area contributed by atoms with E-state index in [1.807, 2.05) is 0 Å². The number of aliphatic hydroxyl groups excluding tert-OH is 1. The summed E-state index contributed by atoms with van der Waals surface area (Å²) in [4.78, 5) is 6.92. The maximum atomic E-state index is 10.1. The van der Waals surface area contributed by atoms with E-state index in [9.17, 15) is 5.11 Å². The largest absolute Gasteiger partial charge is 0.389 e. The van der Waals surface area contributed by atoms with Crippen LogP contribution in [0, 0.1) is 5.92 Å². The van der Waals surface area contributed by atoms with Gasteiger partial charge >= 0.3 is 0 Å². The number of guanidine groups is 1. The van der Waals surface area contributed by atoms with Gasteiger partial charge in [-0.3, -0.25) is 4.99 Å². The standard InChI is InChI=1S/C20H31BrN4O2/c1-2-22-20(23-11-19(26)14-27-13-15-3-4-15)24-17-9-10-25(12-17)18-7-5-16(21)6-8-18/h5-8,15,17,19,26H,2-4,9-14H2,1H3,(H2,22,23,24). The number of halogens is 1. The molecular weight excluding hydrogens is 408 g/mol. The van der Waals surface area contributed by atoms with Gasteiger partial charge in [0.05, 0.1) is 19.3 Å². The molecule has 2 fully saturated rings. The number of anilines is 1. The van der Waals surface area contributed by atoms with Crippen LogP contribution in [0.2, 0.25) is 0 Å². The van der Waals surface area contributed by atoms with Crippen molar-refractivity contribution in [2.45, 2.75) is 38.3 Å². The average Bonchev–Trinajstić information content (AvgIpc) is 3.37. The molecule has 0 aromatic heterocycles. The summed E-state index contributed by atoms with van der Waals surface area (Å²) in [5.41, 5.74) is 1.24. The summed E-state index contributed by atoms with van der Waals surface area (Å²) in [6, 6.07) is 8.78. The molecule has 1 saturated heterocycles. The SMILES string of the molecule is CCNC(=NCC(O)COCC1CC1)NC1CCN(c2ccc(Br)cc2)C1. The number of hydrogen-bond acceptors (Lipinski definition) is 4. The van der Waals surface area contributed by atoms with Crippen LogP contribution in [0.15, 0.2) is 33.7 Å². The van der Waals surface area contributed by atoms with Crippen molar-refractivity contribution in [2.24, 2.45) is 10.9 Å². The van der Waals surface area contributed by atoms with Gasteiger partial charge in [-0.2, -0.15) is 0 Å². The Labute approximate surface area is 170 Å². The Kier molecular flexibility index (Phi) is 7.79. The van der Waals surface area contributed by atoms with Crippen molar-refractivity contribution in [1.82, 2.24) is 10.6 Å². The quantitative estimate of drug-likeness (QED) is 0.407. The fraction of sp³-hybridized carbons (Fsp3) is 0.650. The topological polar surface area (TPSA) is 69.1 Å². The molecule has 27 heavy (non-hydrogen) atoms. The second-order valence-corrected chi connectivity index (χ2v) is 8.32. The van der Waals surface area contributed by atoms with Gasteiger partial charge in [0.25, 0.3) is 0 Å². The van der Waals surface area contributed by atoms with Gasteiger partial charge in [0.1, 0.15) is 0 Å². The molecule has 1 aliphatic heterocycles. The Balaban J connectivity index is 1.44. The van der Waals surface area contributed by atoms with Gasteiger partial charge in [-0.1, -0.05) is 15.9 Å². The molecule has 0 spiro atoms. The highest BCUT2D eigenvalue weighted by Crippen LogP contribution is 2.28. The summed E-state index contributed by atoms with van der Waals surface area (Å²) in [5.74, 6) is 1.48. The first-order valence-corrected chi connectivity index (χ1v) is 10.7. The minimum absolute atomic E-state index is 0.342. The summed E-state index contributed by atoms with van der Waals surface area (Å²) in [6.07, 6.45) is 3.04. The summed E-state index contributed by atoms with van der Waals surface area (Å²) in [7, 11) is 0. The number of aliphatic hydroxyl groups is 1. The number of nitrogens with zero attached hydrogens (tertiary/aromatic N) is 2. The van der Waals surface area contributed by atoms with E-state index in [2.05, 4.69) is 67.6 Å². The molecule has 1 saturated carbocycles. The summed E-state index contributed by atoms with van der Waals surface area (Å²) in [6.45, 7) is 6.30. The van der Waals surface area contributed by atoms with E-state index in [1.54, 1.807) is 0 Å². The molecule has 3 rings (SSSR count). The van der Waals surface area contributed by atoms with Crippen LogP contribution in [-0.4, -0.2) is 62.6 Å². The number of benzene rings is 1. The minimum atomic E-state index is -0.554. The van der Waals surface area contributed by atoms with Crippen LogP contribution in [0.1, 0.15) is 26.2 Å². The van der Waals surface area contributed by atoms with Crippen molar-refractivity contribution >= 4 is 27.6 Å². The number of ether oxygens (including phenoxy) is 1. The van der Waals surface area contributed by atoms with E-state index >= 15 is 0 Å². The number of rotatable bonds is 9. The molecule has 6 nitrogen and oxygen atoms in total. The highest BCUT2D eigenvalue weighted by Gasteiger charge is 2.24. The number of nitrogens with one attached hydrogen (secondary N) is 2. The van der Waals surface area contributed by atoms with Crippen molar-refractivity contribution in [2.75, 3.05) is 44.3 Å². The maximum absolute atomic E-state index is 10.1. The molecule has 7 heteroatoms. The Morgan fingerprint density at radius 2 is 2.11 bits per heavy atom. The predicted octanol–water partition coefficient (Wildman–Crippen LogP) is 2.37. The molecule has 1 aromatic rings. The molecule has 150 valence electrons. The lowest BCUT2D eigenvalue weighted by molar-refractivity contribution is 0.0368. The van der Waals surface area contributed by atoms with Crippen LogP contribution < -0.4 is 15.5 Å². The monoisotopic (exact) mass is 438 g/mol. The molecule has 0 amide bonds. The predicted molar refractivity (Wildman–Crippen MR) is 113 cm³/mol. The van der Waals surface area contributed by atoms with Crippen LogP contribution >= 0.6 is 15.9 Å². The summed E-state index contributed by atoms with van der Waals surface area (Å²) >= 11 is 3.49. The van der Waals surface area contributed by atoms with Crippen molar-refractivity contribution in [3.05, 3.63) is 28.7 Å². The third-order valence-electron chi connectivity index (χ3n) is 4.89. The first-order valence-electron chi connectivity index (χ1n) is 9.95. The van der Waals surface area contributed by atoms with E-state index in [-0.39, 0.29) is 0 Å². The van der Waals surface area contributed by atoms with Gasteiger partial charge in [0.2, 0.25) is 0 Å². The Hall–Kier alpha value is -1.31. The Morgan fingerprint density at radius 1 is 1.33 bits per heavy atom. The molecule has 1 aromatic carbocycles. The van der Waals surface area contributed by atoms with Crippen LogP contribution in [-0.2, 0) is 4.74 Å². The van der Waals surface area contributed by atoms with Crippen LogP contribution in [0.4, 0.5) is 5.69 Å². The van der Waals surface area contributed by atoms with Crippen LogP contribution in [0.3, 0.4) is 0 Å². The number of hydrogen-bond donors (Lipinski definition) is 3. The van der Waals surface area contributed by atoms with Gasteiger partial charge in [0, 0.05) is 42.4 Å². The zero-order valence-electron chi connectivity index (χ0n) is 16.0. The summed E-state index contributed by atoms with van der Waals surface area (Å²) in [5, 5.41) is 16.9. The molecule has 2 aliphatic rings. The second kappa shape index (κ2) is 10.3.